The van der Waals surface area contributed by atoms with Crippen LogP contribution in [0.15, 0.2) is 47.6 Å². The average molecular weight is 358 g/mol. The lowest BCUT2D eigenvalue weighted by Crippen LogP contribution is -2.24. The maximum atomic E-state index is 11.6. The van der Waals surface area contributed by atoms with Gasteiger partial charge in [0.15, 0.2) is 6.61 Å². The third-order valence-electron chi connectivity index (χ3n) is 2.53. The molecule has 0 aliphatic heterocycles. The summed E-state index contributed by atoms with van der Waals surface area (Å²) in [6.45, 7) is -0.209. The molecule has 0 saturated heterocycles. The monoisotopic (exact) mass is 356 g/mol. The number of halogens is 3. The number of nitrogens with zero attached hydrogens (tertiary/aromatic N) is 1. The first-order valence-corrected chi connectivity index (χ1v) is 7.33. The first-order valence-electron chi connectivity index (χ1n) is 6.20. The van der Waals surface area contributed by atoms with Crippen LogP contribution in [0.5, 0.6) is 5.75 Å². The maximum absolute atomic E-state index is 11.6. The molecule has 0 aliphatic rings. The standard InChI is InChI=1S/C15H11Cl3N2O2/c16-11-3-1-10(2-4-11)8-19-20-15(21)9-22-14-6-5-12(17)7-13(14)18/h1-8H,9H2,(H,20,21)/b19-8-. The fraction of sp³-hybridized carbons (Fsp3) is 0.0667. The molecule has 0 atom stereocenters. The third-order valence-corrected chi connectivity index (χ3v) is 3.31. The summed E-state index contributed by atoms with van der Waals surface area (Å²) in [5.41, 5.74) is 3.16. The van der Waals surface area contributed by atoms with Crippen LogP contribution in [0.3, 0.4) is 0 Å². The van der Waals surface area contributed by atoms with Gasteiger partial charge in [-0.1, -0.05) is 46.9 Å². The smallest absolute Gasteiger partial charge is 0.277 e. The summed E-state index contributed by atoms with van der Waals surface area (Å²) < 4.78 is 5.28. The Morgan fingerprint density at radius 2 is 1.77 bits per heavy atom. The van der Waals surface area contributed by atoms with E-state index in [4.69, 9.17) is 39.5 Å². The van der Waals surface area contributed by atoms with Crippen LogP contribution in [-0.4, -0.2) is 18.7 Å². The van der Waals surface area contributed by atoms with Crippen LogP contribution in [0.4, 0.5) is 0 Å². The number of carbonyl (C=O) groups excluding carboxylic acids is 1. The van der Waals surface area contributed by atoms with Gasteiger partial charge in [0, 0.05) is 10.0 Å². The Hall–Kier alpha value is -1.75. The highest BCUT2D eigenvalue weighted by molar-refractivity contribution is 6.35. The topological polar surface area (TPSA) is 50.7 Å². The maximum Gasteiger partial charge on any atom is 0.277 e. The Morgan fingerprint density at radius 1 is 1.09 bits per heavy atom. The molecule has 0 heterocycles. The van der Waals surface area contributed by atoms with E-state index in [1.165, 1.54) is 12.3 Å². The molecule has 0 bridgehead atoms. The van der Waals surface area contributed by atoms with Gasteiger partial charge in [-0.2, -0.15) is 5.10 Å². The van der Waals surface area contributed by atoms with E-state index < -0.39 is 5.91 Å². The molecule has 2 rings (SSSR count). The summed E-state index contributed by atoms with van der Waals surface area (Å²) in [5, 5.41) is 5.28. The van der Waals surface area contributed by atoms with Crippen molar-refractivity contribution in [1.82, 2.24) is 5.43 Å². The van der Waals surface area contributed by atoms with Crippen LogP contribution in [0, 0.1) is 0 Å². The van der Waals surface area contributed by atoms with Gasteiger partial charge in [-0.15, -0.1) is 0 Å². The summed E-state index contributed by atoms with van der Waals surface area (Å²) >= 11 is 17.5. The lowest BCUT2D eigenvalue weighted by molar-refractivity contribution is -0.123. The normalized spacial score (nSPS) is 10.7. The molecule has 1 N–H and O–H groups in total. The minimum atomic E-state index is -0.406. The molecule has 1 amide bonds. The van der Waals surface area contributed by atoms with E-state index in [0.29, 0.717) is 20.8 Å². The van der Waals surface area contributed by atoms with E-state index in [2.05, 4.69) is 10.5 Å². The van der Waals surface area contributed by atoms with Gasteiger partial charge < -0.3 is 4.74 Å². The number of amides is 1. The van der Waals surface area contributed by atoms with E-state index in [1.54, 1.807) is 36.4 Å². The second-order valence-electron chi connectivity index (χ2n) is 4.21. The zero-order chi connectivity index (χ0) is 15.9. The highest BCUT2D eigenvalue weighted by Crippen LogP contribution is 2.27. The molecule has 0 fully saturated rings. The zero-order valence-corrected chi connectivity index (χ0v) is 13.5. The zero-order valence-electron chi connectivity index (χ0n) is 11.2. The minimum absolute atomic E-state index is 0.209. The SMILES string of the molecule is O=C(COc1ccc(Cl)cc1Cl)N/N=C\c1ccc(Cl)cc1. The number of rotatable bonds is 5. The summed E-state index contributed by atoms with van der Waals surface area (Å²) in [4.78, 5) is 11.6. The van der Waals surface area contributed by atoms with Crippen LogP contribution >= 0.6 is 34.8 Å². The van der Waals surface area contributed by atoms with Crippen molar-refractivity contribution in [3.05, 3.63) is 63.1 Å². The highest BCUT2D eigenvalue weighted by Gasteiger charge is 2.05. The van der Waals surface area contributed by atoms with Gasteiger partial charge in [-0.25, -0.2) is 5.43 Å². The molecule has 7 heteroatoms. The quantitative estimate of drug-likeness (QED) is 0.645. The van der Waals surface area contributed by atoms with Crippen molar-refractivity contribution in [2.45, 2.75) is 0 Å². The number of hydrazone groups is 1. The number of carbonyl (C=O) groups is 1. The molecule has 0 unspecified atom stereocenters. The molecule has 0 spiro atoms. The first-order chi connectivity index (χ1) is 10.5. The first kappa shape index (κ1) is 16.6. The number of benzene rings is 2. The van der Waals surface area contributed by atoms with Crippen molar-refractivity contribution in [1.29, 1.82) is 0 Å². The van der Waals surface area contributed by atoms with Crippen LogP contribution in [0.1, 0.15) is 5.56 Å². The molecular weight excluding hydrogens is 347 g/mol. The lowest BCUT2D eigenvalue weighted by Gasteiger charge is -2.06. The molecular formula is C15H11Cl3N2O2. The minimum Gasteiger partial charge on any atom is -0.482 e. The molecule has 114 valence electrons. The summed E-state index contributed by atoms with van der Waals surface area (Å²) in [6.07, 6.45) is 1.50. The molecule has 2 aromatic carbocycles. The van der Waals surface area contributed by atoms with E-state index in [9.17, 15) is 4.79 Å². The Balaban J connectivity index is 1.81. The lowest BCUT2D eigenvalue weighted by atomic mass is 10.2. The molecule has 0 saturated carbocycles. The number of ether oxygens (including phenoxy) is 1. The second kappa shape index (κ2) is 8.03. The van der Waals surface area contributed by atoms with Gasteiger partial charge in [0.1, 0.15) is 5.75 Å². The van der Waals surface area contributed by atoms with E-state index >= 15 is 0 Å². The van der Waals surface area contributed by atoms with Crippen molar-refractivity contribution in [2.24, 2.45) is 5.10 Å². The van der Waals surface area contributed by atoms with Gasteiger partial charge in [-0.3, -0.25) is 4.79 Å². The number of nitrogens with one attached hydrogen (secondary N) is 1. The Kier molecular flexibility index (Phi) is 6.07. The van der Waals surface area contributed by atoms with Crippen LogP contribution < -0.4 is 10.2 Å². The van der Waals surface area contributed by atoms with Crippen LogP contribution in [0.25, 0.3) is 0 Å². The largest absolute Gasteiger partial charge is 0.482 e. The molecule has 0 aliphatic carbocycles. The van der Waals surface area contributed by atoms with Gasteiger partial charge in [0.25, 0.3) is 5.91 Å². The Labute approximate surface area is 142 Å². The van der Waals surface area contributed by atoms with Gasteiger partial charge in [0.2, 0.25) is 0 Å². The van der Waals surface area contributed by atoms with Crippen molar-refractivity contribution in [2.75, 3.05) is 6.61 Å². The molecule has 4 nitrogen and oxygen atoms in total. The molecule has 0 radical (unpaired) electrons. The summed E-state index contributed by atoms with van der Waals surface area (Å²) in [5.74, 6) is -0.0286. The third kappa shape index (κ3) is 5.22. The van der Waals surface area contributed by atoms with Crippen molar-refractivity contribution in [3.63, 3.8) is 0 Å². The fourth-order valence-corrected chi connectivity index (χ4v) is 2.08. The van der Waals surface area contributed by atoms with Crippen molar-refractivity contribution >= 4 is 46.9 Å². The molecule has 2 aromatic rings. The van der Waals surface area contributed by atoms with Crippen molar-refractivity contribution in [3.8, 4) is 5.75 Å². The number of hydrogen-bond acceptors (Lipinski definition) is 3. The Morgan fingerprint density at radius 3 is 2.45 bits per heavy atom. The molecule has 0 aromatic heterocycles. The summed E-state index contributed by atoms with van der Waals surface area (Å²) in [7, 11) is 0. The van der Waals surface area contributed by atoms with E-state index in [0.717, 1.165) is 5.56 Å². The predicted molar refractivity (Wildman–Crippen MR) is 89.1 cm³/mol. The highest BCUT2D eigenvalue weighted by atomic mass is 35.5. The van der Waals surface area contributed by atoms with E-state index in [1.807, 2.05) is 0 Å². The van der Waals surface area contributed by atoms with Gasteiger partial charge >= 0.3 is 0 Å². The Bertz CT molecular complexity index is 688. The molecule has 22 heavy (non-hydrogen) atoms. The predicted octanol–water partition coefficient (Wildman–Crippen LogP) is 4.18. The second-order valence-corrected chi connectivity index (χ2v) is 5.49. The van der Waals surface area contributed by atoms with Gasteiger partial charge in [0.05, 0.1) is 11.2 Å². The van der Waals surface area contributed by atoms with Crippen LogP contribution in [0.2, 0.25) is 15.1 Å². The van der Waals surface area contributed by atoms with Gasteiger partial charge in [-0.05, 0) is 35.9 Å². The average Bonchev–Trinajstić information content (AvgIpc) is 2.48. The van der Waals surface area contributed by atoms with E-state index in [-0.39, 0.29) is 6.61 Å². The fourth-order valence-electron chi connectivity index (χ4n) is 1.50. The van der Waals surface area contributed by atoms with Crippen molar-refractivity contribution < 1.29 is 9.53 Å². The number of hydrogen-bond donors (Lipinski definition) is 1. The summed E-state index contributed by atoms with van der Waals surface area (Å²) in [6, 6.07) is 11.8. The van der Waals surface area contributed by atoms with Crippen LogP contribution in [-0.2, 0) is 4.79 Å².